The van der Waals surface area contributed by atoms with E-state index in [-0.39, 0.29) is 6.04 Å². The fourth-order valence-corrected chi connectivity index (χ4v) is 4.13. The summed E-state index contributed by atoms with van der Waals surface area (Å²) in [5, 5.41) is 0. The summed E-state index contributed by atoms with van der Waals surface area (Å²) in [4.78, 5) is 1.29. The van der Waals surface area contributed by atoms with E-state index >= 15 is 0 Å². The van der Waals surface area contributed by atoms with Gasteiger partial charge in [0.15, 0.2) is 0 Å². The lowest BCUT2D eigenvalue weighted by Crippen LogP contribution is -2.37. The molecule has 2 bridgehead atoms. The predicted molar refractivity (Wildman–Crippen MR) is 67.0 cm³/mol. The van der Waals surface area contributed by atoms with Crippen LogP contribution in [0.3, 0.4) is 0 Å². The highest BCUT2D eigenvalue weighted by molar-refractivity contribution is 7.16. The molecule has 2 aliphatic rings. The van der Waals surface area contributed by atoms with E-state index in [4.69, 9.17) is 22.1 Å². The molecule has 0 spiro atoms. The lowest BCUT2D eigenvalue weighted by molar-refractivity contribution is 0.0885. The van der Waals surface area contributed by atoms with E-state index in [1.807, 2.05) is 6.07 Å². The molecular weight excluding hydrogens is 242 g/mol. The third-order valence-electron chi connectivity index (χ3n) is 3.77. The Kier molecular flexibility index (Phi) is 2.96. The molecule has 3 rings (SSSR count). The highest BCUT2D eigenvalue weighted by atomic mass is 35.5. The number of ether oxygens (including phenoxy) is 1. The normalized spacial score (nSPS) is 34.5. The van der Waals surface area contributed by atoms with Crippen LogP contribution in [-0.2, 0) is 11.2 Å². The summed E-state index contributed by atoms with van der Waals surface area (Å²) >= 11 is 7.56. The molecule has 1 aromatic heterocycles. The molecule has 88 valence electrons. The summed E-state index contributed by atoms with van der Waals surface area (Å²) in [6.07, 6.45) is 5.45. The van der Waals surface area contributed by atoms with Crippen LogP contribution in [0.25, 0.3) is 0 Å². The van der Waals surface area contributed by atoms with Crippen molar-refractivity contribution in [1.82, 2.24) is 0 Å². The first-order chi connectivity index (χ1) is 7.72. The highest BCUT2D eigenvalue weighted by Crippen LogP contribution is 2.40. The summed E-state index contributed by atoms with van der Waals surface area (Å²) in [5.74, 6) is 0.555. The SMILES string of the molecule is NC(Cc1ccc(Cl)s1)C1CC2CCC1O2. The Hall–Kier alpha value is -0.0900. The smallest absolute Gasteiger partial charge is 0.0931 e. The molecule has 2 N–H and O–H groups in total. The highest BCUT2D eigenvalue weighted by Gasteiger charge is 2.43. The molecule has 1 aromatic rings. The lowest BCUT2D eigenvalue weighted by Gasteiger charge is -2.24. The molecule has 2 saturated heterocycles. The van der Waals surface area contributed by atoms with E-state index in [1.54, 1.807) is 11.3 Å². The molecule has 0 aliphatic carbocycles. The van der Waals surface area contributed by atoms with Crippen molar-refractivity contribution in [1.29, 1.82) is 0 Å². The minimum Gasteiger partial charge on any atom is -0.375 e. The van der Waals surface area contributed by atoms with Gasteiger partial charge in [0.2, 0.25) is 0 Å². The number of hydrogen-bond donors (Lipinski definition) is 1. The Morgan fingerprint density at radius 2 is 2.38 bits per heavy atom. The lowest BCUT2D eigenvalue weighted by atomic mass is 9.83. The average molecular weight is 258 g/mol. The summed E-state index contributed by atoms with van der Waals surface area (Å²) < 4.78 is 6.70. The average Bonchev–Trinajstić information content (AvgIpc) is 2.93. The van der Waals surface area contributed by atoms with Crippen molar-refractivity contribution in [2.45, 2.75) is 43.9 Å². The third-order valence-corrected chi connectivity index (χ3v) is 5.02. The van der Waals surface area contributed by atoms with Gasteiger partial charge in [0.1, 0.15) is 0 Å². The van der Waals surface area contributed by atoms with Crippen LogP contribution in [0.5, 0.6) is 0 Å². The van der Waals surface area contributed by atoms with Crippen LogP contribution in [0.15, 0.2) is 12.1 Å². The van der Waals surface area contributed by atoms with Crippen molar-refractivity contribution in [3.63, 3.8) is 0 Å². The van der Waals surface area contributed by atoms with Crippen LogP contribution in [0.2, 0.25) is 4.34 Å². The molecule has 4 atom stereocenters. The second kappa shape index (κ2) is 4.30. The van der Waals surface area contributed by atoms with Crippen molar-refractivity contribution >= 4 is 22.9 Å². The van der Waals surface area contributed by atoms with Gasteiger partial charge >= 0.3 is 0 Å². The van der Waals surface area contributed by atoms with Gasteiger partial charge in [-0.05, 0) is 37.8 Å². The molecule has 16 heavy (non-hydrogen) atoms. The Balaban J connectivity index is 1.63. The van der Waals surface area contributed by atoms with Crippen molar-refractivity contribution in [3.8, 4) is 0 Å². The van der Waals surface area contributed by atoms with E-state index in [2.05, 4.69) is 6.07 Å². The van der Waals surface area contributed by atoms with Gasteiger partial charge in [-0.2, -0.15) is 0 Å². The molecule has 4 heteroatoms. The topological polar surface area (TPSA) is 35.2 Å². The zero-order valence-electron chi connectivity index (χ0n) is 9.06. The predicted octanol–water partition coefficient (Wildman–Crippen LogP) is 2.84. The molecule has 3 heterocycles. The molecule has 2 aliphatic heterocycles. The van der Waals surface area contributed by atoms with Crippen LogP contribution in [-0.4, -0.2) is 18.2 Å². The molecule has 0 saturated carbocycles. The summed E-state index contributed by atoms with van der Waals surface area (Å²) in [6.45, 7) is 0. The Morgan fingerprint density at radius 3 is 2.94 bits per heavy atom. The van der Waals surface area contributed by atoms with Gasteiger partial charge < -0.3 is 10.5 Å². The van der Waals surface area contributed by atoms with E-state index in [9.17, 15) is 0 Å². The van der Waals surface area contributed by atoms with E-state index in [0.29, 0.717) is 18.1 Å². The fourth-order valence-electron chi connectivity index (χ4n) is 2.97. The van der Waals surface area contributed by atoms with Crippen molar-refractivity contribution in [2.24, 2.45) is 11.7 Å². The number of nitrogens with two attached hydrogens (primary N) is 1. The number of fused-ring (bicyclic) bond motifs is 2. The van der Waals surface area contributed by atoms with E-state index in [1.165, 1.54) is 17.7 Å². The van der Waals surface area contributed by atoms with Gasteiger partial charge in [-0.1, -0.05) is 11.6 Å². The fraction of sp³-hybridized carbons (Fsp3) is 0.667. The minimum atomic E-state index is 0.227. The summed E-state index contributed by atoms with van der Waals surface area (Å²) in [7, 11) is 0. The van der Waals surface area contributed by atoms with E-state index in [0.717, 1.165) is 17.2 Å². The molecular formula is C12H16ClNOS. The van der Waals surface area contributed by atoms with E-state index < -0.39 is 0 Å². The summed E-state index contributed by atoms with van der Waals surface area (Å²) in [5.41, 5.74) is 6.29. The number of rotatable bonds is 3. The monoisotopic (exact) mass is 257 g/mol. The van der Waals surface area contributed by atoms with Crippen LogP contribution in [0, 0.1) is 5.92 Å². The standard InChI is InChI=1S/C12H16ClNOS/c13-12-4-2-8(16-12)6-10(14)9-5-7-1-3-11(9)15-7/h2,4,7,9-11H,1,3,5-6,14H2. The second-order valence-electron chi connectivity index (χ2n) is 4.85. The summed E-state index contributed by atoms with van der Waals surface area (Å²) in [6, 6.07) is 4.26. The maximum atomic E-state index is 6.29. The van der Waals surface area contributed by atoms with Crippen LogP contribution < -0.4 is 5.73 Å². The number of hydrogen-bond acceptors (Lipinski definition) is 3. The maximum Gasteiger partial charge on any atom is 0.0931 e. The zero-order chi connectivity index (χ0) is 11.1. The van der Waals surface area contributed by atoms with Gasteiger partial charge in [-0.15, -0.1) is 11.3 Å². The van der Waals surface area contributed by atoms with Crippen molar-refractivity contribution < 1.29 is 4.74 Å². The zero-order valence-corrected chi connectivity index (χ0v) is 10.6. The first-order valence-corrected chi connectivity index (χ1v) is 7.07. The first kappa shape index (κ1) is 11.0. The third kappa shape index (κ3) is 2.02. The van der Waals surface area contributed by atoms with Gasteiger partial charge in [-0.3, -0.25) is 0 Å². The van der Waals surface area contributed by atoms with Crippen LogP contribution in [0.4, 0.5) is 0 Å². The van der Waals surface area contributed by atoms with Crippen LogP contribution >= 0.6 is 22.9 Å². The van der Waals surface area contributed by atoms with Crippen molar-refractivity contribution in [3.05, 3.63) is 21.3 Å². The Bertz CT molecular complexity index is 381. The molecule has 0 radical (unpaired) electrons. The Labute approximate surface area is 105 Å². The largest absolute Gasteiger partial charge is 0.375 e. The Morgan fingerprint density at radius 1 is 1.50 bits per heavy atom. The molecule has 0 amide bonds. The molecule has 0 aromatic carbocycles. The first-order valence-electron chi connectivity index (χ1n) is 5.87. The molecule has 2 nitrogen and oxygen atoms in total. The maximum absolute atomic E-state index is 6.29. The van der Waals surface area contributed by atoms with Gasteiger partial charge in [-0.25, -0.2) is 0 Å². The van der Waals surface area contributed by atoms with Crippen LogP contribution in [0.1, 0.15) is 24.1 Å². The van der Waals surface area contributed by atoms with Gasteiger partial charge in [0, 0.05) is 16.8 Å². The number of halogens is 1. The second-order valence-corrected chi connectivity index (χ2v) is 6.65. The quantitative estimate of drug-likeness (QED) is 0.904. The van der Waals surface area contributed by atoms with Gasteiger partial charge in [0.25, 0.3) is 0 Å². The minimum absolute atomic E-state index is 0.227. The van der Waals surface area contributed by atoms with Crippen molar-refractivity contribution in [2.75, 3.05) is 0 Å². The molecule has 2 fully saturated rings. The van der Waals surface area contributed by atoms with Gasteiger partial charge in [0.05, 0.1) is 16.5 Å². The number of thiophene rings is 1. The molecule has 4 unspecified atom stereocenters.